The molecule has 0 spiro atoms. The first-order chi connectivity index (χ1) is 8.28. The minimum Gasteiger partial charge on any atom is -0.381 e. The van der Waals surface area contributed by atoms with E-state index in [1.807, 2.05) is 0 Å². The van der Waals surface area contributed by atoms with Gasteiger partial charge < -0.3 is 9.64 Å². The van der Waals surface area contributed by atoms with Gasteiger partial charge in [-0.05, 0) is 49.3 Å². The molecule has 0 aromatic carbocycles. The van der Waals surface area contributed by atoms with Gasteiger partial charge in [-0.15, -0.1) is 0 Å². The Bertz CT molecular complexity index is 224. The van der Waals surface area contributed by atoms with Gasteiger partial charge in [0.2, 0.25) is 0 Å². The maximum atomic E-state index is 5.50. The van der Waals surface area contributed by atoms with Gasteiger partial charge in [-0.2, -0.15) is 12.6 Å². The van der Waals surface area contributed by atoms with Gasteiger partial charge >= 0.3 is 0 Å². The van der Waals surface area contributed by atoms with Gasteiger partial charge in [-0.3, -0.25) is 0 Å². The van der Waals surface area contributed by atoms with Gasteiger partial charge in [0.1, 0.15) is 0 Å². The van der Waals surface area contributed by atoms with E-state index in [9.17, 15) is 0 Å². The first kappa shape index (κ1) is 13.7. The van der Waals surface area contributed by atoms with Crippen molar-refractivity contribution in [3.05, 3.63) is 0 Å². The van der Waals surface area contributed by atoms with Gasteiger partial charge in [0, 0.05) is 26.3 Å². The highest BCUT2D eigenvalue weighted by molar-refractivity contribution is 7.80. The van der Waals surface area contributed by atoms with Crippen LogP contribution in [0.1, 0.15) is 39.0 Å². The molecule has 0 atom stereocenters. The average molecular weight is 257 g/mol. The molecule has 2 fully saturated rings. The third-order valence-corrected chi connectivity index (χ3v) is 5.31. The maximum Gasteiger partial charge on any atom is 0.0472 e. The van der Waals surface area contributed by atoms with Crippen molar-refractivity contribution >= 4 is 12.6 Å². The van der Waals surface area contributed by atoms with E-state index in [4.69, 9.17) is 4.74 Å². The van der Waals surface area contributed by atoms with Crippen molar-refractivity contribution in [1.29, 1.82) is 0 Å². The van der Waals surface area contributed by atoms with E-state index in [1.54, 1.807) is 0 Å². The molecular weight excluding hydrogens is 230 g/mol. The molecule has 0 radical (unpaired) electrons. The van der Waals surface area contributed by atoms with Crippen LogP contribution >= 0.6 is 12.6 Å². The van der Waals surface area contributed by atoms with Crippen molar-refractivity contribution in [2.24, 2.45) is 11.3 Å². The van der Waals surface area contributed by atoms with Crippen molar-refractivity contribution in [2.45, 2.75) is 39.0 Å². The molecular formula is C14H27NOS. The van der Waals surface area contributed by atoms with Crippen molar-refractivity contribution in [3.8, 4) is 0 Å². The molecule has 0 bridgehead atoms. The predicted molar refractivity (Wildman–Crippen MR) is 75.8 cm³/mol. The van der Waals surface area contributed by atoms with Crippen LogP contribution in [0.25, 0.3) is 0 Å². The molecule has 0 aromatic rings. The smallest absolute Gasteiger partial charge is 0.0472 e. The summed E-state index contributed by atoms with van der Waals surface area (Å²) in [5.41, 5.74) is 0.418. The second-order valence-electron chi connectivity index (χ2n) is 5.90. The minimum atomic E-state index is 0.418. The van der Waals surface area contributed by atoms with Crippen LogP contribution in [-0.4, -0.2) is 43.5 Å². The van der Waals surface area contributed by atoms with E-state index in [1.165, 1.54) is 51.7 Å². The lowest BCUT2D eigenvalue weighted by Crippen LogP contribution is -2.45. The molecule has 3 heteroatoms. The fourth-order valence-electron chi connectivity index (χ4n) is 2.99. The Kier molecular flexibility index (Phi) is 5.19. The summed E-state index contributed by atoms with van der Waals surface area (Å²) in [6, 6.07) is 0. The van der Waals surface area contributed by atoms with E-state index in [2.05, 4.69) is 24.5 Å². The lowest BCUT2D eigenvalue weighted by Gasteiger charge is -2.41. The Hall–Kier alpha value is 0.270. The SMILES string of the molecule is CCN(CC1CCC1)CC1(CS)CCOCC1. The molecule has 0 aromatic heterocycles. The van der Waals surface area contributed by atoms with Gasteiger partial charge in [-0.25, -0.2) is 0 Å². The molecule has 2 rings (SSSR count). The van der Waals surface area contributed by atoms with Crippen LogP contribution < -0.4 is 0 Å². The molecule has 2 nitrogen and oxygen atoms in total. The number of hydrogen-bond donors (Lipinski definition) is 1. The monoisotopic (exact) mass is 257 g/mol. The zero-order valence-electron chi connectivity index (χ0n) is 11.2. The van der Waals surface area contributed by atoms with Gasteiger partial charge in [0.15, 0.2) is 0 Å². The third kappa shape index (κ3) is 3.62. The normalized spacial score (nSPS) is 24.9. The second-order valence-corrected chi connectivity index (χ2v) is 6.21. The highest BCUT2D eigenvalue weighted by Crippen LogP contribution is 2.34. The maximum absolute atomic E-state index is 5.50. The fourth-order valence-corrected chi connectivity index (χ4v) is 3.41. The standard InChI is InChI=1S/C14H27NOS/c1-2-15(10-13-4-3-5-13)11-14(12-17)6-8-16-9-7-14/h13,17H,2-12H2,1H3. The molecule has 0 unspecified atom stereocenters. The predicted octanol–water partition coefficient (Wildman–Crippen LogP) is 2.84. The van der Waals surface area contributed by atoms with E-state index >= 15 is 0 Å². The fraction of sp³-hybridized carbons (Fsp3) is 1.00. The lowest BCUT2D eigenvalue weighted by molar-refractivity contribution is 0.00409. The van der Waals surface area contributed by atoms with Gasteiger partial charge in [0.05, 0.1) is 0 Å². The molecule has 1 saturated heterocycles. The number of ether oxygens (including phenoxy) is 1. The molecule has 2 aliphatic rings. The van der Waals surface area contributed by atoms with E-state index < -0.39 is 0 Å². The average Bonchev–Trinajstić information content (AvgIpc) is 2.33. The quantitative estimate of drug-likeness (QED) is 0.735. The van der Waals surface area contributed by atoms with Crippen molar-refractivity contribution in [1.82, 2.24) is 4.90 Å². The van der Waals surface area contributed by atoms with Gasteiger partial charge in [0.25, 0.3) is 0 Å². The first-order valence-electron chi connectivity index (χ1n) is 7.19. The zero-order chi connectivity index (χ0) is 12.1. The van der Waals surface area contributed by atoms with Crippen LogP contribution in [0.2, 0.25) is 0 Å². The summed E-state index contributed by atoms with van der Waals surface area (Å²) in [6.07, 6.45) is 6.74. The highest BCUT2D eigenvalue weighted by atomic mass is 32.1. The Morgan fingerprint density at radius 3 is 2.47 bits per heavy atom. The third-order valence-electron chi connectivity index (χ3n) is 4.64. The molecule has 1 saturated carbocycles. The molecule has 17 heavy (non-hydrogen) atoms. The summed E-state index contributed by atoms with van der Waals surface area (Å²) in [4.78, 5) is 2.66. The Labute approximate surface area is 112 Å². The molecule has 1 aliphatic heterocycles. The lowest BCUT2D eigenvalue weighted by atomic mass is 9.80. The summed E-state index contributed by atoms with van der Waals surface area (Å²) in [6.45, 7) is 7.89. The molecule has 1 aliphatic carbocycles. The zero-order valence-corrected chi connectivity index (χ0v) is 12.1. The summed E-state index contributed by atoms with van der Waals surface area (Å²) >= 11 is 4.61. The number of nitrogens with zero attached hydrogens (tertiary/aromatic N) is 1. The summed E-state index contributed by atoms with van der Waals surface area (Å²) in [7, 11) is 0. The Morgan fingerprint density at radius 1 is 1.29 bits per heavy atom. The van der Waals surface area contributed by atoms with Crippen LogP contribution in [0.5, 0.6) is 0 Å². The van der Waals surface area contributed by atoms with Gasteiger partial charge in [-0.1, -0.05) is 13.3 Å². The van der Waals surface area contributed by atoms with Crippen LogP contribution in [-0.2, 0) is 4.74 Å². The van der Waals surface area contributed by atoms with Crippen molar-refractivity contribution in [3.63, 3.8) is 0 Å². The van der Waals surface area contributed by atoms with Crippen LogP contribution in [0.3, 0.4) is 0 Å². The summed E-state index contributed by atoms with van der Waals surface area (Å²) < 4.78 is 5.50. The second kappa shape index (κ2) is 6.44. The summed E-state index contributed by atoms with van der Waals surface area (Å²) in [5, 5.41) is 0. The van der Waals surface area contributed by atoms with Crippen LogP contribution in [0, 0.1) is 11.3 Å². The Balaban J connectivity index is 1.85. The van der Waals surface area contributed by atoms with E-state index in [-0.39, 0.29) is 0 Å². The first-order valence-corrected chi connectivity index (χ1v) is 7.82. The van der Waals surface area contributed by atoms with Crippen LogP contribution in [0.4, 0.5) is 0 Å². The Morgan fingerprint density at radius 2 is 2.00 bits per heavy atom. The number of rotatable bonds is 6. The molecule has 0 amide bonds. The summed E-state index contributed by atoms with van der Waals surface area (Å²) in [5.74, 6) is 1.99. The largest absolute Gasteiger partial charge is 0.381 e. The van der Waals surface area contributed by atoms with E-state index in [0.717, 1.165) is 24.9 Å². The van der Waals surface area contributed by atoms with E-state index in [0.29, 0.717) is 5.41 Å². The molecule has 1 heterocycles. The molecule has 0 N–H and O–H groups in total. The van der Waals surface area contributed by atoms with Crippen molar-refractivity contribution in [2.75, 3.05) is 38.6 Å². The van der Waals surface area contributed by atoms with Crippen LogP contribution in [0.15, 0.2) is 0 Å². The topological polar surface area (TPSA) is 12.5 Å². The van der Waals surface area contributed by atoms with Crippen molar-refractivity contribution < 1.29 is 4.74 Å². The highest BCUT2D eigenvalue weighted by Gasteiger charge is 2.33. The molecule has 100 valence electrons. The minimum absolute atomic E-state index is 0.418. The number of hydrogen-bond acceptors (Lipinski definition) is 3. The number of thiol groups is 1.